The maximum absolute atomic E-state index is 12.6. The zero-order valence-electron chi connectivity index (χ0n) is 11.9. The molecule has 2 aromatic rings. The summed E-state index contributed by atoms with van der Waals surface area (Å²) in [6.07, 6.45) is 1.46. The highest BCUT2D eigenvalue weighted by Crippen LogP contribution is 2.29. The van der Waals surface area contributed by atoms with Crippen LogP contribution in [0.2, 0.25) is 0 Å². The minimum absolute atomic E-state index is 0.146. The van der Waals surface area contributed by atoms with E-state index < -0.39 is 11.6 Å². The van der Waals surface area contributed by atoms with E-state index in [1.807, 2.05) is 6.07 Å². The van der Waals surface area contributed by atoms with Crippen molar-refractivity contribution in [3.63, 3.8) is 0 Å². The largest absolute Gasteiger partial charge is 0.466 e. The van der Waals surface area contributed by atoms with Crippen LogP contribution in [0.4, 0.5) is 4.79 Å². The molecule has 110 valence electrons. The van der Waals surface area contributed by atoms with Gasteiger partial charge in [-0.3, -0.25) is 9.69 Å². The highest BCUT2D eigenvalue weighted by molar-refractivity contribution is 6.06. The van der Waals surface area contributed by atoms with E-state index in [-0.39, 0.29) is 12.5 Å². The molecule has 1 aromatic carbocycles. The quantitative estimate of drug-likeness (QED) is 0.879. The Kier molecular flexibility index (Phi) is 3.18. The van der Waals surface area contributed by atoms with Crippen molar-refractivity contribution in [2.24, 2.45) is 0 Å². The molecule has 2 heterocycles. The van der Waals surface area contributed by atoms with Gasteiger partial charge in [0.05, 0.1) is 24.4 Å². The summed E-state index contributed by atoms with van der Waals surface area (Å²) in [7, 11) is 0. The van der Waals surface area contributed by atoms with E-state index in [0.717, 1.165) is 10.5 Å². The molecule has 0 aliphatic carbocycles. The monoisotopic (exact) mass is 295 g/mol. The molecule has 1 saturated heterocycles. The molecule has 3 amide bonds. The van der Waals surface area contributed by atoms with Gasteiger partial charge < -0.3 is 9.73 Å². The van der Waals surface area contributed by atoms with Crippen molar-refractivity contribution in [2.45, 2.75) is 19.0 Å². The number of nitrogens with one attached hydrogen (secondary N) is 1. The molecule has 6 heteroatoms. The highest BCUT2D eigenvalue weighted by Gasteiger charge is 2.50. The molecular formula is C16H13N3O3. The fourth-order valence-electron chi connectivity index (χ4n) is 2.44. The number of urea groups is 1. The molecule has 1 aliphatic rings. The third-order valence-electron chi connectivity index (χ3n) is 3.71. The number of benzene rings is 1. The van der Waals surface area contributed by atoms with E-state index in [0.29, 0.717) is 11.3 Å². The Morgan fingerprint density at radius 1 is 1.27 bits per heavy atom. The first-order valence-electron chi connectivity index (χ1n) is 6.72. The van der Waals surface area contributed by atoms with Gasteiger partial charge in [-0.25, -0.2) is 4.79 Å². The third-order valence-corrected chi connectivity index (χ3v) is 3.71. The predicted octanol–water partition coefficient (Wildman–Crippen LogP) is 2.12. The summed E-state index contributed by atoms with van der Waals surface area (Å²) in [5.74, 6) is 0.0324. The standard InChI is InChI=1S/C16H13N3O3/c1-16(13-3-2-8-22-13)14(20)19(15(21)18-16)10-12-6-4-11(9-17)5-7-12/h2-8H,10H2,1H3,(H,18,21)/t16-/m0/s1. The van der Waals surface area contributed by atoms with Gasteiger partial charge in [-0.1, -0.05) is 12.1 Å². The maximum Gasteiger partial charge on any atom is 0.325 e. The van der Waals surface area contributed by atoms with Crippen LogP contribution in [0.1, 0.15) is 23.8 Å². The molecule has 0 radical (unpaired) electrons. The number of hydrogen-bond acceptors (Lipinski definition) is 4. The molecule has 6 nitrogen and oxygen atoms in total. The number of rotatable bonds is 3. The van der Waals surface area contributed by atoms with Crippen LogP contribution in [0.15, 0.2) is 47.1 Å². The van der Waals surface area contributed by atoms with Crippen molar-refractivity contribution in [2.75, 3.05) is 0 Å². The van der Waals surface area contributed by atoms with Crippen molar-refractivity contribution in [3.8, 4) is 6.07 Å². The Hall–Kier alpha value is -3.07. The van der Waals surface area contributed by atoms with Gasteiger partial charge in [0, 0.05) is 0 Å². The molecule has 22 heavy (non-hydrogen) atoms. The Balaban J connectivity index is 1.84. The second-order valence-corrected chi connectivity index (χ2v) is 5.23. The van der Waals surface area contributed by atoms with E-state index >= 15 is 0 Å². The van der Waals surface area contributed by atoms with Crippen molar-refractivity contribution in [1.29, 1.82) is 5.26 Å². The van der Waals surface area contributed by atoms with Gasteiger partial charge in [-0.05, 0) is 36.8 Å². The first-order chi connectivity index (χ1) is 10.5. The minimum Gasteiger partial charge on any atom is -0.466 e. The van der Waals surface area contributed by atoms with Crippen LogP contribution < -0.4 is 5.32 Å². The van der Waals surface area contributed by atoms with Gasteiger partial charge in [0.15, 0.2) is 5.54 Å². The Labute approximate surface area is 126 Å². The van der Waals surface area contributed by atoms with E-state index in [9.17, 15) is 9.59 Å². The minimum atomic E-state index is -1.19. The van der Waals surface area contributed by atoms with Crippen LogP contribution in [0.25, 0.3) is 0 Å². The first kappa shape index (κ1) is 13.9. The lowest BCUT2D eigenvalue weighted by molar-refractivity contribution is -0.132. The van der Waals surface area contributed by atoms with Gasteiger partial charge in [-0.2, -0.15) is 5.26 Å². The fraction of sp³-hybridized carbons (Fsp3) is 0.188. The molecule has 1 aliphatic heterocycles. The Bertz CT molecular complexity index is 759. The third kappa shape index (κ3) is 2.13. The van der Waals surface area contributed by atoms with Crippen LogP contribution in [0, 0.1) is 11.3 Å². The summed E-state index contributed by atoms with van der Waals surface area (Å²) in [6, 6.07) is 11.6. The zero-order chi connectivity index (χ0) is 15.7. The Morgan fingerprint density at radius 2 is 2.00 bits per heavy atom. The average molecular weight is 295 g/mol. The first-order valence-corrected chi connectivity index (χ1v) is 6.72. The number of nitrogens with zero attached hydrogens (tertiary/aromatic N) is 2. The number of carbonyl (C=O) groups excluding carboxylic acids is 2. The van der Waals surface area contributed by atoms with Gasteiger partial charge in [0.25, 0.3) is 5.91 Å². The van der Waals surface area contributed by atoms with Crippen molar-refractivity contribution in [3.05, 3.63) is 59.5 Å². The van der Waals surface area contributed by atoms with Crippen molar-refractivity contribution < 1.29 is 14.0 Å². The average Bonchev–Trinajstić information content (AvgIpc) is 3.13. The lowest BCUT2D eigenvalue weighted by Gasteiger charge is -2.19. The molecule has 1 atom stereocenters. The Morgan fingerprint density at radius 3 is 2.59 bits per heavy atom. The normalized spacial score (nSPS) is 20.8. The highest BCUT2D eigenvalue weighted by atomic mass is 16.3. The molecule has 1 fully saturated rings. The SMILES string of the molecule is C[C@@]1(c2ccco2)NC(=O)N(Cc2ccc(C#N)cc2)C1=O. The van der Waals surface area contributed by atoms with E-state index in [1.54, 1.807) is 43.3 Å². The molecule has 0 bridgehead atoms. The lowest BCUT2D eigenvalue weighted by atomic mass is 9.99. The molecule has 3 rings (SSSR count). The van der Waals surface area contributed by atoms with Crippen molar-refractivity contribution in [1.82, 2.24) is 10.2 Å². The number of nitriles is 1. The molecule has 1 N–H and O–H groups in total. The van der Waals surface area contributed by atoms with Crippen LogP contribution in [-0.4, -0.2) is 16.8 Å². The second kappa shape index (κ2) is 5.04. The summed E-state index contributed by atoms with van der Waals surface area (Å²) >= 11 is 0. The summed E-state index contributed by atoms with van der Waals surface area (Å²) < 4.78 is 5.27. The summed E-state index contributed by atoms with van der Waals surface area (Å²) in [5, 5.41) is 11.4. The number of amides is 3. The smallest absolute Gasteiger partial charge is 0.325 e. The van der Waals surface area contributed by atoms with E-state index in [1.165, 1.54) is 6.26 Å². The summed E-state index contributed by atoms with van der Waals surface area (Å²) in [4.78, 5) is 25.9. The summed E-state index contributed by atoms with van der Waals surface area (Å²) in [5.41, 5.74) is 0.111. The number of hydrogen-bond donors (Lipinski definition) is 1. The van der Waals surface area contributed by atoms with Gasteiger partial charge in [0.2, 0.25) is 0 Å². The van der Waals surface area contributed by atoms with Crippen LogP contribution in [0.5, 0.6) is 0 Å². The molecule has 0 unspecified atom stereocenters. The molecule has 0 spiro atoms. The summed E-state index contributed by atoms with van der Waals surface area (Å²) in [6.45, 7) is 1.76. The van der Waals surface area contributed by atoms with Crippen molar-refractivity contribution >= 4 is 11.9 Å². The number of furan rings is 1. The topological polar surface area (TPSA) is 86.3 Å². The van der Waals surface area contributed by atoms with Crippen LogP contribution in [-0.2, 0) is 16.9 Å². The van der Waals surface area contributed by atoms with E-state index in [2.05, 4.69) is 5.32 Å². The van der Waals surface area contributed by atoms with Gasteiger partial charge in [0.1, 0.15) is 5.76 Å². The zero-order valence-corrected chi connectivity index (χ0v) is 11.9. The molecular weight excluding hydrogens is 282 g/mol. The second-order valence-electron chi connectivity index (χ2n) is 5.23. The predicted molar refractivity (Wildman–Crippen MR) is 76.3 cm³/mol. The number of carbonyl (C=O) groups is 2. The lowest BCUT2D eigenvalue weighted by Crippen LogP contribution is -2.40. The van der Waals surface area contributed by atoms with Crippen LogP contribution in [0.3, 0.4) is 0 Å². The molecule has 1 aromatic heterocycles. The fourth-order valence-corrected chi connectivity index (χ4v) is 2.44. The van der Waals surface area contributed by atoms with E-state index in [4.69, 9.17) is 9.68 Å². The van der Waals surface area contributed by atoms with Gasteiger partial charge in [-0.15, -0.1) is 0 Å². The van der Waals surface area contributed by atoms with Gasteiger partial charge >= 0.3 is 6.03 Å². The number of imide groups is 1. The molecule has 0 saturated carbocycles. The van der Waals surface area contributed by atoms with Crippen LogP contribution >= 0.6 is 0 Å². The maximum atomic E-state index is 12.6.